The highest BCUT2D eigenvalue weighted by molar-refractivity contribution is 5.80. The lowest BCUT2D eigenvalue weighted by Crippen LogP contribution is -2.35. The Bertz CT molecular complexity index is 413. The van der Waals surface area contributed by atoms with Gasteiger partial charge in [0.1, 0.15) is 5.75 Å². The van der Waals surface area contributed by atoms with Gasteiger partial charge in [0.2, 0.25) is 0 Å². The lowest BCUT2D eigenvalue weighted by Gasteiger charge is -2.18. The van der Waals surface area contributed by atoms with Crippen LogP contribution in [0.25, 0.3) is 0 Å². The largest absolute Gasteiger partial charge is 0.481 e. The minimum atomic E-state index is -0.463. The highest BCUT2D eigenvalue weighted by Gasteiger charge is 2.16. The molecule has 4 heteroatoms. The lowest BCUT2D eigenvalue weighted by molar-refractivity contribution is -0.135. The predicted octanol–water partition coefficient (Wildman–Crippen LogP) is 2.29. The monoisotopic (exact) mass is 278 g/mol. The number of carbonyl (C=O) groups excluding carboxylic acids is 1. The van der Waals surface area contributed by atoms with Crippen molar-refractivity contribution in [2.24, 2.45) is 5.92 Å². The van der Waals surface area contributed by atoms with Gasteiger partial charge in [-0.15, -0.1) is 0 Å². The van der Waals surface area contributed by atoms with Crippen LogP contribution in [0.1, 0.15) is 26.3 Å². The molecule has 1 atom stereocenters. The second-order valence-electron chi connectivity index (χ2n) is 5.66. The fourth-order valence-corrected chi connectivity index (χ4v) is 1.81. The van der Waals surface area contributed by atoms with Gasteiger partial charge in [-0.2, -0.15) is 0 Å². The fourth-order valence-electron chi connectivity index (χ4n) is 1.81. The molecule has 0 heterocycles. The summed E-state index contributed by atoms with van der Waals surface area (Å²) in [6, 6.07) is 7.86. The minimum absolute atomic E-state index is 0.0346. The maximum Gasteiger partial charge on any atom is 0.262 e. The molecule has 0 spiro atoms. The molecule has 1 aromatic rings. The van der Waals surface area contributed by atoms with E-state index < -0.39 is 6.10 Å². The molecular weight excluding hydrogens is 252 g/mol. The second kappa shape index (κ2) is 7.90. The number of nitrogens with one attached hydrogen (secondary N) is 1. The predicted molar refractivity (Wildman–Crippen MR) is 81.8 cm³/mol. The first-order valence-electron chi connectivity index (χ1n) is 7.07. The van der Waals surface area contributed by atoms with Gasteiger partial charge >= 0.3 is 0 Å². The third-order valence-electron chi connectivity index (χ3n) is 2.91. The minimum Gasteiger partial charge on any atom is -0.481 e. The normalized spacial score (nSPS) is 12.3. The van der Waals surface area contributed by atoms with Crippen molar-refractivity contribution in [2.45, 2.75) is 33.4 Å². The van der Waals surface area contributed by atoms with E-state index in [0.29, 0.717) is 5.92 Å². The number of hydrogen-bond donors (Lipinski definition) is 1. The Morgan fingerprint density at radius 1 is 1.20 bits per heavy atom. The van der Waals surface area contributed by atoms with Crippen molar-refractivity contribution in [3.63, 3.8) is 0 Å². The standard InChI is InChI=1S/C16H26N2O2/c1-12(2)10-17-11-14-6-8-15(9-7-14)20-13(3)16(19)18(4)5/h6-9,12-13,17H,10-11H2,1-5H3. The van der Waals surface area contributed by atoms with E-state index in [4.69, 9.17) is 4.74 Å². The number of likely N-dealkylation sites (N-methyl/N-ethyl adjacent to an activating group) is 1. The van der Waals surface area contributed by atoms with E-state index in [1.165, 1.54) is 10.5 Å². The molecule has 0 aliphatic rings. The summed E-state index contributed by atoms with van der Waals surface area (Å²) in [6.07, 6.45) is -0.463. The van der Waals surface area contributed by atoms with Gasteiger partial charge < -0.3 is 15.0 Å². The molecule has 0 aromatic heterocycles. The summed E-state index contributed by atoms with van der Waals surface area (Å²) in [4.78, 5) is 13.2. The average Bonchev–Trinajstić information content (AvgIpc) is 2.39. The Morgan fingerprint density at radius 3 is 2.30 bits per heavy atom. The van der Waals surface area contributed by atoms with Gasteiger partial charge in [0.25, 0.3) is 5.91 Å². The molecule has 1 rings (SSSR count). The molecule has 112 valence electrons. The number of amides is 1. The summed E-state index contributed by atoms with van der Waals surface area (Å²) in [5.41, 5.74) is 1.21. The zero-order chi connectivity index (χ0) is 15.1. The molecule has 0 bridgehead atoms. The highest BCUT2D eigenvalue weighted by Crippen LogP contribution is 2.14. The van der Waals surface area contributed by atoms with Crippen LogP contribution in [0, 0.1) is 5.92 Å². The van der Waals surface area contributed by atoms with Crippen LogP contribution in [0.4, 0.5) is 0 Å². The fraction of sp³-hybridized carbons (Fsp3) is 0.562. The number of carbonyl (C=O) groups is 1. The molecule has 0 aliphatic carbocycles. The molecular formula is C16H26N2O2. The van der Waals surface area contributed by atoms with Crippen LogP contribution >= 0.6 is 0 Å². The number of benzene rings is 1. The summed E-state index contributed by atoms with van der Waals surface area (Å²) >= 11 is 0. The van der Waals surface area contributed by atoms with E-state index >= 15 is 0 Å². The van der Waals surface area contributed by atoms with Gasteiger partial charge in [0, 0.05) is 20.6 Å². The van der Waals surface area contributed by atoms with Crippen molar-refractivity contribution in [3.05, 3.63) is 29.8 Å². The molecule has 1 unspecified atom stereocenters. The molecule has 1 aromatic carbocycles. The third kappa shape index (κ3) is 5.61. The van der Waals surface area contributed by atoms with E-state index in [2.05, 4.69) is 19.2 Å². The van der Waals surface area contributed by atoms with Gasteiger partial charge in [-0.1, -0.05) is 26.0 Å². The van der Waals surface area contributed by atoms with Crippen molar-refractivity contribution in [3.8, 4) is 5.75 Å². The van der Waals surface area contributed by atoms with Crippen molar-refractivity contribution in [1.82, 2.24) is 10.2 Å². The summed E-state index contributed by atoms with van der Waals surface area (Å²) < 4.78 is 5.62. The first-order valence-corrected chi connectivity index (χ1v) is 7.07. The number of ether oxygens (including phenoxy) is 1. The molecule has 1 N–H and O–H groups in total. The van der Waals surface area contributed by atoms with E-state index in [9.17, 15) is 4.79 Å². The van der Waals surface area contributed by atoms with Crippen LogP contribution in [0.2, 0.25) is 0 Å². The molecule has 1 amide bonds. The second-order valence-corrected chi connectivity index (χ2v) is 5.66. The molecule has 0 saturated carbocycles. The smallest absolute Gasteiger partial charge is 0.262 e. The van der Waals surface area contributed by atoms with Crippen LogP contribution in [0.5, 0.6) is 5.75 Å². The summed E-state index contributed by atoms with van der Waals surface area (Å²) in [7, 11) is 3.46. The lowest BCUT2D eigenvalue weighted by atomic mass is 10.2. The van der Waals surface area contributed by atoms with Crippen LogP contribution in [-0.4, -0.2) is 37.6 Å². The molecule has 4 nitrogen and oxygen atoms in total. The van der Waals surface area contributed by atoms with E-state index in [-0.39, 0.29) is 5.91 Å². The Balaban J connectivity index is 2.48. The van der Waals surface area contributed by atoms with Crippen LogP contribution in [-0.2, 0) is 11.3 Å². The molecule has 0 aliphatic heterocycles. The molecule has 0 saturated heterocycles. The number of nitrogens with zero attached hydrogens (tertiary/aromatic N) is 1. The van der Waals surface area contributed by atoms with Gasteiger partial charge in [-0.3, -0.25) is 4.79 Å². The Kier molecular flexibility index (Phi) is 6.52. The first-order chi connectivity index (χ1) is 9.40. The molecule has 20 heavy (non-hydrogen) atoms. The SMILES string of the molecule is CC(C)CNCc1ccc(OC(C)C(=O)N(C)C)cc1. The number of hydrogen-bond acceptors (Lipinski definition) is 3. The van der Waals surface area contributed by atoms with E-state index in [1.54, 1.807) is 21.0 Å². The van der Waals surface area contributed by atoms with Crippen molar-refractivity contribution in [2.75, 3.05) is 20.6 Å². The summed E-state index contributed by atoms with van der Waals surface area (Å²) in [6.45, 7) is 8.00. The topological polar surface area (TPSA) is 41.6 Å². The van der Waals surface area contributed by atoms with Gasteiger partial charge in [-0.05, 0) is 37.1 Å². The maximum atomic E-state index is 11.7. The van der Waals surface area contributed by atoms with Crippen LogP contribution < -0.4 is 10.1 Å². The average molecular weight is 278 g/mol. The Morgan fingerprint density at radius 2 is 1.80 bits per heavy atom. The van der Waals surface area contributed by atoms with Crippen LogP contribution in [0.3, 0.4) is 0 Å². The zero-order valence-corrected chi connectivity index (χ0v) is 13.1. The van der Waals surface area contributed by atoms with Crippen LogP contribution in [0.15, 0.2) is 24.3 Å². The van der Waals surface area contributed by atoms with E-state index in [0.717, 1.165) is 18.8 Å². The zero-order valence-electron chi connectivity index (χ0n) is 13.1. The van der Waals surface area contributed by atoms with Crippen molar-refractivity contribution >= 4 is 5.91 Å². The quantitative estimate of drug-likeness (QED) is 0.832. The first kappa shape index (κ1) is 16.5. The Hall–Kier alpha value is -1.55. The van der Waals surface area contributed by atoms with Gasteiger partial charge in [0.05, 0.1) is 0 Å². The van der Waals surface area contributed by atoms with E-state index in [1.807, 2.05) is 24.3 Å². The van der Waals surface area contributed by atoms with Crippen molar-refractivity contribution in [1.29, 1.82) is 0 Å². The maximum absolute atomic E-state index is 11.7. The third-order valence-corrected chi connectivity index (χ3v) is 2.91. The van der Waals surface area contributed by atoms with Gasteiger partial charge in [-0.25, -0.2) is 0 Å². The summed E-state index contributed by atoms with van der Waals surface area (Å²) in [5, 5.41) is 3.39. The van der Waals surface area contributed by atoms with Gasteiger partial charge in [0.15, 0.2) is 6.10 Å². The summed E-state index contributed by atoms with van der Waals surface area (Å²) in [5.74, 6) is 1.34. The molecule has 0 fully saturated rings. The molecule has 0 radical (unpaired) electrons. The highest BCUT2D eigenvalue weighted by atomic mass is 16.5. The number of rotatable bonds is 7. The van der Waals surface area contributed by atoms with Crippen molar-refractivity contribution < 1.29 is 9.53 Å². The Labute approximate surface area is 122 Å².